The van der Waals surface area contributed by atoms with Gasteiger partial charge in [0.25, 0.3) is 0 Å². The molecule has 0 aromatic carbocycles. The Morgan fingerprint density at radius 1 is 1.43 bits per heavy atom. The van der Waals surface area contributed by atoms with Crippen molar-refractivity contribution in [2.45, 2.75) is 64.5 Å². The minimum absolute atomic E-state index is 0.302. The molecule has 2 heteroatoms. The molecule has 1 N–H and O–H groups in total. The van der Waals surface area contributed by atoms with Crippen LogP contribution in [0.5, 0.6) is 0 Å². The monoisotopic (exact) mass is 199 g/mol. The van der Waals surface area contributed by atoms with Crippen molar-refractivity contribution in [1.82, 2.24) is 5.32 Å². The molecule has 0 saturated carbocycles. The van der Waals surface area contributed by atoms with Gasteiger partial charge in [-0.15, -0.1) is 0 Å². The summed E-state index contributed by atoms with van der Waals surface area (Å²) in [6.07, 6.45) is 6.75. The second-order valence-corrected chi connectivity index (χ2v) is 4.94. The zero-order chi connectivity index (χ0) is 10.4. The van der Waals surface area contributed by atoms with Crippen LogP contribution in [0.2, 0.25) is 0 Å². The van der Waals surface area contributed by atoms with Crippen LogP contribution in [0.4, 0.5) is 0 Å². The van der Waals surface area contributed by atoms with Crippen molar-refractivity contribution >= 4 is 0 Å². The van der Waals surface area contributed by atoms with Crippen LogP contribution in [0.1, 0.15) is 52.9 Å². The molecule has 0 bridgehead atoms. The van der Waals surface area contributed by atoms with Crippen molar-refractivity contribution in [2.24, 2.45) is 0 Å². The molecule has 0 aromatic rings. The quantitative estimate of drug-likeness (QED) is 0.664. The molecule has 1 aliphatic heterocycles. The SMILES string of the molecule is CCC(C)(C)NCCCC1CCCO1. The molecule has 2 nitrogen and oxygen atoms in total. The maximum atomic E-state index is 5.58. The number of hydrogen-bond donors (Lipinski definition) is 1. The highest BCUT2D eigenvalue weighted by Gasteiger charge is 2.16. The van der Waals surface area contributed by atoms with Gasteiger partial charge in [-0.05, 0) is 52.5 Å². The Kier molecular flexibility index (Phi) is 4.90. The second-order valence-electron chi connectivity index (χ2n) is 4.94. The Bertz CT molecular complexity index is 150. The van der Waals surface area contributed by atoms with Crippen LogP contribution < -0.4 is 5.32 Å². The number of rotatable bonds is 6. The van der Waals surface area contributed by atoms with Crippen LogP contribution in [-0.4, -0.2) is 24.8 Å². The van der Waals surface area contributed by atoms with Crippen LogP contribution in [0.15, 0.2) is 0 Å². The first-order chi connectivity index (χ1) is 6.64. The Balaban J connectivity index is 1.98. The third-order valence-corrected chi connectivity index (χ3v) is 3.21. The summed E-state index contributed by atoms with van der Waals surface area (Å²) in [4.78, 5) is 0. The van der Waals surface area contributed by atoms with Gasteiger partial charge in [-0.2, -0.15) is 0 Å². The Hall–Kier alpha value is -0.0800. The molecule has 0 aliphatic carbocycles. The lowest BCUT2D eigenvalue weighted by Gasteiger charge is -2.24. The first kappa shape index (κ1) is 12.0. The number of hydrogen-bond acceptors (Lipinski definition) is 2. The predicted molar refractivity (Wildman–Crippen MR) is 60.6 cm³/mol. The summed E-state index contributed by atoms with van der Waals surface area (Å²) < 4.78 is 5.58. The van der Waals surface area contributed by atoms with Crippen molar-refractivity contribution in [3.8, 4) is 0 Å². The summed E-state index contributed by atoms with van der Waals surface area (Å²) >= 11 is 0. The molecular weight excluding hydrogens is 174 g/mol. The summed E-state index contributed by atoms with van der Waals surface area (Å²) in [5, 5.41) is 3.58. The molecule has 1 heterocycles. The maximum Gasteiger partial charge on any atom is 0.0576 e. The van der Waals surface area contributed by atoms with Crippen LogP contribution in [-0.2, 0) is 4.74 Å². The highest BCUT2D eigenvalue weighted by atomic mass is 16.5. The Morgan fingerprint density at radius 2 is 2.21 bits per heavy atom. The van der Waals surface area contributed by atoms with Gasteiger partial charge in [-0.1, -0.05) is 6.92 Å². The summed E-state index contributed by atoms with van der Waals surface area (Å²) in [5.74, 6) is 0. The lowest BCUT2D eigenvalue weighted by atomic mass is 10.0. The van der Waals surface area contributed by atoms with Crippen molar-refractivity contribution in [3.63, 3.8) is 0 Å². The summed E-state index contributed by atoms with van der Waals surface area (Å²) in [6.45, 7) is 8.87. The van der Waals surface area contributed by atoms with Gasteiger partial charge in [0.2, 0.25) is 0 Å². The molecule has 1 fully saturated rings. The van der Waals surface area contributed by atoms with Gasteiger partial charge in [0.1, 0.15) is 0 Å². The van der Waals surface area contributed by atoms with Gasteiger partial charge < -0.3 is 10.1 Å². The van der Waals surface area contributed by atoms with E-state index < -0.39 is 0 Å². The van der Waals surface area contributed by atoms with Gasteiger partial charge >= 0.3 is 0 Å². The molecule has 84 valence electrons. The van der Waals surface area contributed by atoms with Crippen molar-refractivity contribution in [3.05, 3.63) is 0 Å². The molecule has 1 atom stereocenters. The fraction of sp³-hybridized carbons (Fsp3) is 1.00. The van der Waals surface area contributed by atoms with Gasteiger partial charge in [0.05, 0.1) is 6.10 Å². The molecule has 1 saturated heterocycles. The predicted octanol–water partition coefficient (Wildman–Crippen LogP) is 2.72. The smallest absolute Gasteiger partial charge is 0.0576 e. The molecule has 0 amide bonds. The standard InChI is InChI=1S/C12H25NO/c1-4-12(2,3)13-9-5-7-11-8-6-10-14-11/h11,13H,4-10H2,1-3H3. The van der Waals surface area contributed by atoms with E-state index in [0.717, 1.165) is 13.2 Å². The van der Waals surface area contributed by atoms with E-state index in [0.29, 0.717) is 11.6 Å². The van der Waals surface area contributed by atoms with Crippen LogP contribution in [0.3, 0.4) is 0 Å². The van der Waals surface area contributed by atoms with Gasteiger partial charge in [-0.3, -0.25) is 0 Å². The average Bonchev–Trinajstić information content (AvgIpc) is 2.65. The first-order valence-electron chi connectivity index (χ1n) is 6.01. The third kappa shape index (κ3) is 4.43. The van der Waals surface area contributed by atoms with Crippen molar-refractivity contribution in [2.75, 3.05) is 13.2 Å². The summed E-state index contributed by atoms with van der Waals surface area (Å²) in [5.41, 5.74) is 0.302. The Morgan fingerprint density at radius 3 is 2.79 bits per heavy atom. The molecule has 0 radical (unpaired) electrons. The maximum absolute atomic E-state index is 5.58. The van der Waals surface area contributed by atoms with E-state index in [1.165, 1.54) is 32.1 Å². The molecule has 1 rings (SSSR count). The first-order valence-corrected chi connectivity index (χ1v) is 6.01. The molecular formula is C12H25NO. The highest BCUT2D eigenvalue weighted by molar-refractivity contribution is 4.75. The van der Waals surface area contributed by atoms with E-state index in [1.807, 2.05) is 0 Å². The van der Waals surface area contributed by atoms with Crippen LogP contribution >= 0.6 is 0 Å². The van der Waals surface area contributed by atoms with E-state index in [2.05, 4.69) is 26.1 Å². The van der Waals surface area contributed by atoms with Crippen LogP contribution in [0, 0.1) is 0 Å². The zero-order valence-electron chi connectivity index (χ0n) is 9.94. The lowest BCUT2D eigenvalue weighted by molar-refractivity contribution is 0.102. The van der Waals surface area contributed by atoms with Crippen LogP contribution in [0.25, 0.3) is 0 Å². The minimum atomic E-state index is 0.302. The fourth-order valence-corrected chi connectivity index (χ4v) is 1.75. The Labute approximate surface area is 88.4 Å². The zero-order valence-corrected chi connectivity index (χ0v) is 9.94. The largest absolute Gasteiger partial charge is 0.378 e. The van der Waals surface area contributed by atoms with Crippen molar-refractivity contribution in [1.29, 1.82) is 0 Å². The second kappa shape index (κ2) is 5.72. The molecule has 1 aliphatic rings. The van der Waals surface area contributed by atoms with E-state index in [-0.39, 0.29) is 0 Å². The number of ether oxygens (including phenoxy) is 1. The fourth-order valence-electron chi connectivity index (χ4n) is 1.75. The molecule has 1 unspecified atom stereocenters. The average molecular weight is 199 g/mol. The normalized spacial score (nSPS) is 22.9. The highest BCUT2D eigenvalue weighted by Crippen LogP contribution is 2.16. The van der Waals surface area contributed by atoms with Gasteiger partial charge in [0.15, 0.2) is 0 Å². The molecule has 0 aromatic heterocycles. The lowest BCUT2D eigenvalue weighted by Crippen LogP contribution is -2.39. The molecule has 14 heavy (non-hydrogen) atoms. The van der Waals surface area contributed by atoms with Crippen molar-refractivity contribution < 1.29 is 4.74 Å². The van der Waals surface area contributed by atoms with Gasteiger partial charge in [-0.25, -0.2) is 0 Å². The number of nitrogens with one attached hydrogen (secondary N) is 1. The molecule has 0 spiro atoms. The van der Waals surface area contributed by atoms with E-state index in [4.69, 9.17) is 4.74 Å². The van der Waals surface area contributed by atoms with E-state index in [9.17, 15) is 0 Å². The minimum Gasteiger partial charge on any atom is -0.378 e. The topological polar surface area (TPSA) is 21.3 Å². The van der Waals surface area contributed by atoms with Gasteiger partial charge in [0, 0.05) is 12.1 Å². The summed E-state index contributed by atoms with van der Waals surface area (Å²) in [6, 6.07) is 0. The summed E-state index contributed by atoms with van der Waals surface area (Å²) in [7, 11) is 0. The third-order valence-electron chi connectivity index (χ3n) is 3.21. The van der Waals surface area contributed by atoms with E-state index in [1.54, 1.807) is 0 Å². The van der Waals surface area contributed by atoms with E-state index >= 15 is 0 Å².